The van der Waals surface area contributed by atoms with Crippen LogP contribution in [0.1, 0.15) is 31.2 Å². The van der Waals surface area contributed by atoms with Gasteiger partial charge in [-0.05, 0) is 37.0 Å². The van der Waals surface area contributed by atoms with E-state index in [1.54, 1.807) is 0 Å². The Bertz CT molecular complexity index is 486. The summed E-state index contributed by atoms with van der Waals surface area (Å²) < 4.78 is 1.01. The van der Waals surface area contributed by atoms with E-state index < -0.39 is 11.9 Å². The molecular formula is C15H18BrNO3. The molecule has 0 bridgehead atoms. The smallest absolute Gasteiger partial charge is 0.308 e. The molecule has 5 heteroatoms. The van der Waals surface area contributed by atoms with Crippen LogP contribution in [-0.4, -0.2) is 23.0 Å². The van der Waals surface area contributed by atoms with Crippen LogP contribution in [0.2, 0.25) is 0 Å². The van der Waals surface area contributed by atoms with Crippen molar-refractivity contribution < 1.29 is 14.7 Å². The molecule has 0 aromatic heterocycles. The van der Waals surface area contributed by atoms with Crippen LogP contribution in [-0.2, 0) is 16.0 Å². The van der Waals surface area contributed by atoms with E-state index in [0.717, 1.165) is 22.9 Å². The molecule has 0 saturated heterocycles. The summed E-state index contributed by atoms with van der Waals surface area (Å²) in [7, 11) is 0. The molecule has 2 rings (SSSR count). The van der Waals surface area contributed by atoms with Crippen LogP contribution in [0.3, 0.4) is 0 Å². The first kappa shape index (κ1) is 15.0. The van der Waals surface area contributed by atoms with Gasteiger partial charge in [0.25, 0.3) is 0 Å². The van der Waals surface area contributed by atoms with Gasteiger partial charge in [0.15, 0.2) is 0 Å². The summed E-state index contributed by atoms with van der Waals surface area (Å²) >= 11 is 3.37. The van der Waals surface area contributed by atoms with Crippen molar-refractivity contribution in [3.63, 3.8) is 0 Å². The number of amides is 1. The molecule has 108 valence electrons. The third-order valence-corrected chi connectivity index (χ3v) is 4.26. The number of hydrogen-bond donors (Lipinski definition) is 2. The highest BCUT2D eigenvalue weighted by molar-refractivity contribution is 9.10. The van der Waals surface area contributed by atoms with Crippen LogP contribution in [0.25, 0.3) is 0 Å². The number of rotatable bonds is 5. The highest BCUT2D eigenvalue weighted by atomic mass is 79.9. The molecule has 1 aromatic rings. The van der Waals surface area contributed by atoms with Crippen molar-refractivity contribution in [2.24, 2.45) is 5.92 Å². The minimum absolute atomic E-state index is 0.0638. The molecule has 1 aliphatic rings. The van der Waals surface area contributed by atoms with Gasteiger partial charge in [0.2, 0.25) is 5.91 Å². The van der Waals surface area contributed by atoms with Crippen molar-refractivity contribution in [3.8, 4) is 0 Å². The zero-order valence-electron chi connectivity index (χ0n) is 11.1. The Morgan fingerprint density at radius 3 is 2.60 bits per heavy atom. The monoisotopic (exact) mass is 339 g/mol. The van der Waals surface area contributed by atoms with Gasteiger partial charge in [-0.15, -0.1) is 0 Å². The summed E-state index contributed by atoms with van der Waals surface area (Å²) in [5.41, 5.74) is 1.10. The Morgan fingerprint density at radius 2 is 1.95 bits per heavy atom. The molecule has 0 unspecified atom stereocenters. The van der Waals surface area contributed by atoms with Crippen molar-refractivity contribution in [1.82, 2.24) is 5.32 Å². The first-order chi connectivity index (χ1) is 9.56. The molecular weight excluding hydrogens is 322 g/mol. The number of benzene rings is 1. The lowest BCUT2D eigenvalue weighted by molar-refractivity contribution is -0.142. The van der Waals surface area contributed by atoms with E-state index in [-0.39, 0.29) is 11.9 Å². The molecule has 1 saturated carbocycles. The Kier molecular flexibility index (Phi) is 5.17. The van der Waals surface area contributed by atoms with Gasteiger partial charge in [0.05, 0.1) is 5.92 Å². The van der Waals surface area contributed by atoms with Gasteiger partial charge in [0, 0.05) is 16.9 Å². The summed E-state index contributed by atoms with van der Waals surface area (Å²) in [6.07, 6.45) is 3.36. The van der Waals surface area contributed by atoms with E-state index in [0.29, 0.717) is 19.3 Å². The Labute approximate surface area is 126 Å². The lowest BCUT2D eigenvalue weighted by Gasteiger charge is -2.17. The number of carbonyl (C=O) groups excluding carboxylic acids is 1. The zero-order valence-corrected chi connectivity index (χ0v) is 12.7. The zero-order chi connectivity index (χ0) is 14.5. The minimum atomic E-state index is -0.805. The van der Waals surface area contributed by atoms with E-state index >= 15 is 0 Å². The van der Waals surface area contributed by atoms with Crippen molar-refractivity contribution in [1.29, 1.82) is 0 Å². The van der Waals surface area contributed by atoms with Crippen LogP contribution < -0.4 is 5.32 Å². The van der Waals surface area contributed by atoms with Crippen LogP contribution in [0.15, 0.2) is 28.7 Å². The average Bonchev–Trinajstić information content (AvgIpc) is 2.86. The second-order valence-electron chi connectivity index (χ2n) is 5.18. The molecule has 0 radical (unpaired) electrons. The third-order valence-electron chi connectivity index (χ3n) is 3.73. The predicted octanol–water partition coefficient (Wildman–Crippen LogP) is 2.75. The third kappa shape index (κ3) is 4.07. The SMILES string of the molecule is O=C(CCc1ccc(Br)cc1)N[C@@H]1CCC[C@@H]1C(=O)O. The maximum atomic E-state index is 11.9. The summed E-state index contributed by atoms with van der Waals surface area (Å²) in [5.74, 6) is -1.29. The number of nitrogens with one attached hydrogen (secondary N) is 1. The normalized spacial score (nSPS) is 21.6. The topological polar surface area (TPSA) is 66.4 Å². The highest BCUT2D eigenvalue weighted by Crippen LogP contribution is 2.25. The molecule has 1 fully saturated rings. The first-order valence-electron chi connectivity index (χ1n) is 6.83. The van der Waals surface area contributed by atoms with Crippen LogP contribution in [0, 0.1) is 5.92 Å². The van der Waals surface area contributed by atoms with Gasteiger partial charge >= 0.3 is 5.97 Å². The first-order valence-corrected chi connectivity index (χ1v) is 7.62. The van der Waals surface area contributed by atoms with Gasteiger partial charge in [0.1, 0.15) is 0 Å². The average molecular weight is 340 g/mol. The van der Waals surface area contributed by atoms with E-state index in [2.05, 4.69) is 21.2 Å². The fourth-order valence-electron chi connectivity index (χ4n) is 2.62. The molecule has 1 aliphatic carbocycles. The van der Waals surface area contributed by atoms with Crippen molar-refractivity contribution in [2.75, 3.05) is 0 Å². The van der Waals surface area contributed by atoms with Crippen molar-refractivity contribution in [3.05, 3.63) is 34.3 Å². The van der Waals surface area contributed by atoms with Gasteiger partial charge < -0.3 is 10.4 Å². The summed E-state index contributed by atoms with van der Waals surface area (Å²) in [6, 6.07) is 7.65. The molecule has 0 heterocycles. The largest absolute Gasteiger partial charge is 0.481 e. The second-order valence-corrected chi connectivity index (χ2v) is 6.09. The van der Waals surface area contributed by atoms with Crippen molar-refractivity contribution in [2.45, 2.75) is 38.1 Å². The van der Waals surface area contributed by atoms with E-state index in [9.17, 15) is 9.59 Å². The number of carboxylic acids is 1. The maximum absolute atomic E-state index is 11.9. The van der Waals surface area contributed by atoms with Crippen LogP contribution >= 0.6 is 15.9 Å². The van der Waals surface area contributed by atoms with Crippen LogP contribution in [0.4, 0.5) is 0 Å². The Hall–Kier alpha value is -1.36. The number of halogens is 1. The number of hydrogen-bond acceptors (Lipinski definition) is 2. The molecule has 1 amide bonds. The lowest BCUT2D eigenvalue weighted by Crippen LogP contribution is -2.40. The Balaban J connectivity index is 1.80. The summed E-state index contributed by atoms with van der Waals surface area (Å²) in [6.45, 7) is 0. The van der Waals surface area contributed by atoms with Gasteiger partial charge in [-0.25, -0.2) is 0 Å². The highest BCUT2D eigenvalue weighted by Gasteiger charge is 2.33. The summed E-state index contributed by atoms with van der Waals surface area (Å²) in [4.78, 5) is 22.9. The number of carboxylic acid groups (broad SMARTS) is 1. The number of carbonyl (C=O) groups is 2. The second kappa shape index (κ2) is 6.88. The van der Waals surface area contributed by atoms with E-state index in [1.807, 2.05) is 24.3 Å². The molecule has 2 N–H and O–H groups in total. The van der Waals surface area contributed by atoms with Gasteiger partial charge in [-0.3, -0.25) is 9.59 Å². The van der Waals surface area contributed by atoms with Crippen LogP contribution in [0.5, 0.6) is 0 Å². The number of aliphatic carboxylic acids is 1. The standard InChI is InChI=1S/C15H18BrNO3/c16-11-7-4-10(5-8-11)6-9-14(18)17-13-3-1-2-12(13)15(19)20/h4-5,7-8,12-13H,1-3,6,9H2,(H,17,18)(H,19,20)/t12-,13+/m0/s1. The van der Waals surface area contributed by atoms with Gasteiger partial charge in [-0.2, -0.15) is 0 Å². The molecule has 4 nitrogen and oxygen atoms in total. The van der Waals surface area contributed by atoms with E-state index in [1.165, 1.54) is 0 Å². The fraction of sp³-hybridized carbons (Fsp3) is 0.467. The van der Waals surface area contributed by atoms with Gasteiger partial charge in [-0.1, -0.05) is 34.5 Å². The summed E-state index contributed by atoms with van der Waals surface area (Å²) in [5, 5.41) is 11.9. The fourth-order valence-corrected chi connectivity index (χ4v) is 2.88. The molecule has 0 spiro atoms. The minimum Gasteiger partial charge on any atom is -0.481 e. The molecule has 0 aliphatic heterocycles. The molecule has 20 heavy (non-hydrogen) atoms. The van der Waals surface area contributed by atoms with E-state index in [4.69, 9.17) is 5.11 Å². The number of aryl methyl sites for hydroxylation is 1. The maximum Gasteiger partial charge on any atom is 0.308 e. The lowest BCUT2D eigenvalue weighted by atomic mass is 10.0. The quantitative estimate of drug-likeness (QED) is 0.866. The molecule has 2 atom stereocenters. The predicted molar refractivity (Wildman–Crippen MR) is 79.4 cm³/mol. The van der Waals surface area contributed by atoms with Crippen molar-refractivity contribution >= 4 is 27.8 Å². The molecule has 1 aromatic carbocycles. The Morgan fingerprint density at radius 1 is 1.25 bits per heavy atom.